The summed E-state index contributed by atoms with van der Waals surface area (Å²) in [5.74, 6) is 0.692. The highest BCUT2D eigenvalue weighted by atomic mass is 16.3. The molecule has 0 spiro atoms. The maximum atomic E-state index is 9.22. The fraction of sp³-hybridized carbons (Fsp3) is 1.00. The number of hydrogen-bond donors (Lipinski definition) is 1. The van der Waals surface area contributed by atoms with Gasteiger partial charge >= 0.3 is 0 Å². The monoisotopic (exact) mass is 186 g/mol. The van der Waals surface area contributed by atoms with E-state index in [1.54, 1.807) is 0 Å². The second-order valence-electron chi connectivity index (χ2n) is 4.49. The average molecular weight is 186 g/mol. The maximum Gasteiger partial charge on any atom is 0.0599 e. The number of nitrogens with zero attached hydrogens (tertiary/aromatic N) is 2. The van der Waals surface area contributed by atoms with E-state index < -0.39 is 0 Å². The fourth-order valence-corrected chi connectivity index (χ4v) is 1.93. The van der Waals surface area contributed by atoms with Crippen LogP contribution in [-0.4, -0.2) is 60.8 Å². The molecule has 0 radical (unpaired) electrons. The lowest BCUT2D eigenvalue weighted by Crippen LogP contribution is -2.54. The van der Waals surface area contributed by atoms with Crippen molar-refractivity contribution in [2.45, 2.75) is 19.9 Å². The van der Waals surface area contributed by atoms with Gasteiger partial charge in [-0.15, -0.1) is 0 Å². The van der Waals surface area contributed by atoms with Crippen LogP contribution in [0.2, 0.25) is 0 Å². The number of piperazine rings is 1. The Kier molecular flexibility index (Phi) is 4.16. The normalized spacial score (nSPS) is 27.0. The van der Waals surface area contributed by atoms with Gasteiger partial charge in [-0.25, -0.2) is 0 Å². The lowest BCUT2D eigenvalue weighted by molar-refractivity contribution is 0.0436. The minimum absolute atomic E-state index is 0.289. The molecule has 1 saturated heterocycles. The Bertz CT molecular complexity index is 150. The summed E-state index contributed by atoms with van der Waals surface area (Å²) >= 11 is 0. The van der Waals surface area contributed by atoms with Gasteiger partial charge < -0.3 is 10.0 Å². The summed E-state index contributed by atoms with van der Waals surface area (Å²) < 4.78 is 0. The van der Waals surface area contributed by atoms with E-state index in [4.69, 9.17) is 0 Å². The Morgan fingerprint density at radius 2 is 2.08 bits per heavy atom. The van der Waals surface area contributed by atoms with Crippen LogP contribution >= 0.6 is 0 Å². The first-order valence-corrected chi connectivity index (χ1v) is 5.17. The van der Waals surface area contributed by atoms with E-state index >= 15 is 0 Å². The molecule has 3 heteroatoms. The SMILES string of the molecule is CC(C)CN1CCN(C)CC1CO. The molecular formula is C10H22N2O. The zero-order valence-corrected chi connectivity index (χ0v) is 9.03. The summed E-state index contributed by atoms with van der Waals surface area (Å²) in [5.41, 5.74) is 0. The van der Waals surface area contributed by atoms with E-state index in [9.17, 15) is 5.11 Å². The number of aliphatic hydroxyl groups is 1. The Labute approximate surface area is 81.3 Å². The third kappa shape index (κ3) is 3.25. The summed E-state index contributed by atoms with van der Waals surface area (Å²) in [7, 11) is 2.12. The molecule has 1 aliphatic rings. The molecule has 78 valence electrons. The first kappa shape index (κ1) is 11.0. The molecule has 1 heterocycles. The van der Waals surface area contributed by atoms with E-state index in [0.717, 1.165) is 26.2 Å². The van der Waals surface area contributed by atoms with Crippen molar-refractivity contribution >= 4 is 0 Å². The fourth-order valence-electron chi connectivity index (χ4n) is 1.93. The van der Waals surface area contributed by atoms with Crippen LogP contribution in [0.25, 0.3) is 0 Å². The van der Waals surface area contributed by atoms with E-state index in [1.807, 2.05) is 0 Å². The van der Waals surface area contributed by atoms with Gasteiger partial charge in [-0.05, 0) is 13.0 Å². The van der Waals surface area contributed by atoms with Crippen molar-refractivity contribution < 1.29 is 5.11 Å². The third-order valence-electron chi connectivity index (χ3n) is 2.62. The second-order valence-corrected chi connectivity index (χ2v) is 4.49. The van der Waals surface area contributed by atoms with Gasteiger partial charge in [0.05, 0.1) is 6.61 Å². The molecule has 13 heavy (non-hydrogen) atoms. The van der Waals surface area contributed by atoms with Crippen LogP contribution in [-0.2, 0) is 0 Å². The van der Waals surface area contributed by atoms with Crippen LogP contribution < -0.4 is 0 Å². The standard InChI is InChI=1S/C10H22N2O/c1-9(2)6-12-5-4-11(3)7-10(12)8-13/h9-10,13H,4-8H2,1-3H3. The van der Waals surface area contributed by atoms with Gasteiger partial charge in [0.15, 0.2) is 0 Å². The molecule has 0 aromatic carbocycles. The van der Waals surface area contributed by atoms with E-state index in [-0.39, 0.29) is 6.61 Å². The molecule has 1 rings (SSSR count). The van der Waals surface area contributed by atoms with Gasteiger partial charge in [0, 0.05) is 32.2 Å². The van der Waals surface area contributed by atoms with E-state index in [0.29, 0.717) is 12.0 Å². The van der Waals surface area contributed by atoms with Crippen molar-refractivity contribution in [2.75, 3.05) is 39.8 Å². The zero-order chi connectivity index (χ0) is 9.84. The molecule has 1 atom stereocenters. The van der Waals surface area contributed by atoms with Crippen LogP contribution in [0.4, 0.5) is 0 Å². The Balaban J connectivity index is 2.42. The van der Waals surface area contributed by atoms with Gasteiger partial charge in [0.25, 0.3) is 0 Å². The summed E-state index contributed by atoms with van der Waals surface area (Å²) in [4.78, 5) is 4.70. The highest BCUT2D eigenvalue weighted by molar-refractivity contribution is 4.80. The van der Waals surface area contributed by atoms with Crippen molar-refractivity contribution in [1.82, 2.24) is 9.80 Å². The third-order valence-corrected chi connectivity index (χ3v) is 2.62. The van der Waals surface area contributed by atoms with Crippen molar-refractivity contribution in [2.24, 2.45) is 5.92 Å². The molecule has 3 nitrogen and oxygen atoms in total. The predicted octanol–water partition coefficient (Wildman–Crippen LogP) is 0.251. The number of hydrogen-bond acceptors (Lipinski definition) is 3. The van der Waals surface area contributed by atoms with Crippen molar-refractivity contribution in [3.8, 4) is 0 Å². The smallest absolute Gasteiger partial charge is 0.0599 e. The van der Waals surface area contributed by atoms with E-state index in [1.165, 1.54) is 0 Å². The Morgan fingerprint density at radius 3 is 2.62 bits per heavy atom. The summed E-state index contributed by atoms with van der Waals surface area (Å²) in [5, 5.41) is 9.22. The Morgan fingerprint density at radius 1 is 1.38 bits per heavy atom. The topological polar surface area (TPSA) is 26.7 Å². The van der Waals surface area contributed by atoms with Crippen LogP contribution in [0.3, 0.4) is 0 Å². The zero-order valence-electron chi connectivity index (χ0n) is 9.03. The highest BCUT2D eigenvalue weighted by Gasteiger charge is 2.24. The molecule has 0 aliphatic carbocycles. The molecule has 0 bridgehead atoms. The minimum atomic E-state index is 0.289. The van der Waals surface area contributed by atoms with Crippen LogP contribution in [0.15, 0.2) is 0 Å². The van der Waals surface area contributed by atoms with Crippen LogP contribution in [0.1, 0.15) is 13.8 Å². The average Bonchev–Trinajstić information content (AvgIpc) is 2.07. The highest BCUT2D eigenvalue weighted by Crippen LogP contribution is 2.10. The lowest BCUT2D eigenvalue weighted by Gasteiger charge is -2.39. The number of rotatable bonds is 3. The quantitative estimate of drug-likeness (QED) is 0.684. The van der Waals surface area contributed by atoms with Gasteiger partial charge in [0.2, 0.25) is 0 Å². The largest absolute Gasteiger partial charge is 0.395 e. The molecule has 0 amide bonds. The van der Waals surface area contributed by atoms with Gasteiger partial charge in [-0.3, -0.25) is 4.90 Å². The molecule has 0 saturated carbocycles. The summed E-state index contributed by atoms with van der Waals surface area (Å²) in [6.07, 6.45) is 0. The predicted molar refractivity (Wildman–Crippen MR) is 54.8 cm³/mol. The molecule has 1 unspecified atom stereocenters. The minimum Gasteiger partial charge on any atom is -0.395 e. The van der Waals surface area contributed by atoms with Gasteiger partial charge in [0.1, 0.15) is 0 Å². The van der Waals surface area contributed by atoms with Crippen LogP contribution in [0.5, 0.6) is 0 Å². The first-order chi connectivity index (χ1) is 6.13. The lowest BCUT2D eigenvalue weighted by atomic mass is 10.1. The number of aliphatic hydroxyl groups excluding tert-OH is 1. The molecule has 1 fully saturated rings. The first-order valence-electron chi connectivity index (χ1n) is 5.17. The molecular weight excluding hydrogens is 164 g/mol. The van der Waals surface area contributed by atoms with Crippen LogP contribution in [0, 0.1) is 5.92 Å². The number of likely N-dealkylation sites (N-methyl/N-ethyl adjacent to an activating group) is 1. The van der Waals surface area contributed by atoms with Gasteiger partial charge in [-0.1, -0.05) is 13.8 Å². The second kappa shape index (κ2) is 4.94. The van der Waals surface area contributed by atoms with Crippen molar-refractivity contribution in [1.29, 1.82) is 0 Å². The summed E-state index contributed by atoms with van der Waals surface area (Å²) in [6, 6.07) is 0.348. The molecule has 1 aliphatic heterocycles. The van der Waals surface area contributed by atoms with Crippen molar-refractivity contribution in [3.63, 3.8) is 0 Å². The maximum absolute atomic E-state index is 9.22. The summed E-state index contributed by atoms with van der Waals surface area (Å²) in [6.45, 7) is 9.09. The van der Waals surface area contributed by atoms with E-state index in [2.05, 4.69) is 30.7 Å². The Hall–Kier alpha value is -0.120. The van der Waals surface area contributed by atoms with Crippen molar-refractivity contribution in [3.05, 3.63) is 0 Å². The molecule has 1 N–H and O–H groups in total. The van der Waals surface area contributed by atoms with Gasteiger partial charge in [-0.2, -0.15) is 0 Å². The molecule has 0 aromatic heterocycles. The molecule has 0 aromatic rings.